The van der Waals surface area contributed by atoms with Crippen LogP contribution >= 0.6 is 0 Å². The first-order valence-electron chi connectivity index (χ1n) is 25.7. The molecule has 5 nitrogen and oxygen atoms in total. The van der Waals surface area contributed by atoms with Crippen LogP contribution in [0.2, 0.25) is 0 Å². The molecule has 0 radical (unpaired) electrons. The van der Waals surface area contributed by atoms with Crippen LogP contribution < -0.4 is 9.47 Å². The Bertz CT molecular complexity index is 3970. The maximum Gasteiger partial charge on any atom is 0.268 e. The minimum atomic E-state index is -0.587. The minimum absolute atomic E-state index is 0. The molecule has 65 heavy (non-hydrogen) atoms. The standard InChI is InChI=1S/C58H42FN5.Pt/c1-58(2,3)42-34-35-60-56(36-42)64-52-25-11-10-22-50(52)51-33-32-47(38-55(51)64)63(44-30-28-43(59)29-31-44)46-21-14-20-45(37-46)61-39-62(54-27-13-12-26-53(54)61)57-48(40-16-6-4-7-17-40)23-15-24-49(57)41-18-8-5-9-19-41;/h4-36H,1-3H3;/q-2;/i4D,5D,6D,7D,8D,9D,16D,17D,18D,19D;. The number of aromatic nitrogens is 4. The van der Waals surface area contributed by atoms with Crippen LogP contribution in [0.25, 0.3) is 72.3 Å². The number of para-hydroxylation sites is 4. The summed E-state index contributed by atoms with van der Waals surface area (Å²) in [6.07, 6.45) is 5.27. The summed E-state index contributed by atoms with van der Waals surface area (Å²) in [5.41, 5.74) is 6.08. The molecule has 0 spiro atoms. The van der Waals surface area contributed by atoms with Crippen LogP contribution in [0, 0.1) is 24.3 Å². The topological polar surface area (TPSA) is 29.9 Å². The third kappa shape index (κ3) is 7.54. The van der Waals surface area contributed by atoms with Crippen LogP contribution in [0.4, 0.5) is 21.5 Å². The Morgan fingerprint density at radius 2 is 1.29 bits per heavy atom. The molecule has 0 amide bonds. The van der Waals surface area contributed by atoms with Gasteiger partial charge in [0.2, 0.25) is 0 Å². The average Bonchev–Trinajstić information content (AvgIpc) is 3.95. The van der Waals surface area contributed by atoms with Crippen molar-refractivity contribution in [3.63, 3.8) is 0 Å². The molecule has 0 atom stereocenters. The van der Waals surface area contributed by atoms with Gasteiger partial charge in [-0.25, -0.2) is 9.37 Å². The molecule has 0 saturated carbocycles. The molecular weight excluding hydrogens is 981 g/mol. The van der Waals surface area contributed by atoms with E-state index in [1.165, 1.54) is 12.1 Å². The molecule has 3 aromatic heterocycles. The normalized spacial score (nSPS) is 13.7. The van der Waals surface area contributed by atoms with Crippen LogP contribution in [0.5, 0.6) is 0 Å². The van der Waals surface area contributed by atoms with E-state index in [1.54, 1.807) is 51.6 Å². The van der Waals surface area contributed by atoms with Gasteiger partial charge in [-0.15, -0.1) is 23.6 Å². The Morgan fingerprint density at radius 1 is 0.646 bits per heavy atom. The van der Waals surface area contributed by atoms with Gasteiger partial charge >= 0.3 is 0 Å². The number of anilines is 3. The van der Waals surface area contributed by atoms with E-state index in [2.05, 4.69) is 62.0 Å². The van der Waals surface area contributed by atoms with Crippen molar-refractivity contribution in [3.05, 3.63) is 230 Å². The number of rotatable bonds is 8. The Morgan fingerprint density at radius 3 is 2.00 bits per heavy atom. The number of imidazole rings is 1. The van der Waals surface area contributed by atoms with Gasteiger partial charge in [-0.2, -0.15) is 24.3 Å². The van der Waals surface area contributed by atoms with Crippen molar-refractivity contribution in [1.29, 1.82) is 0 Å². The van der Waals surface area contributed by atoms with E-state index < -0.39 is 66.2 Å². The molecule has 3 heterocycles. The number of hydrogen-bond donors (Lipinski definition) is 0. The zero-order valence-corrected chi connectivity index (χ0v) is 37.5. The second-order valence-corrected chi connectivity index (χ2v) is 16.3. The van der Waals surface area contributed by atoms with E-state index in [1.807, 2.05) is 71.8 Å². The van der Waals surface area contributed by atoms with Gasteiger partial charge in [0.15, 0.2) is 0 Å². The predicted molar refractivity (Wildman–Crippen MR) is 258 cm³/mol. The van der Waals surface area contributed by atoms with Crippen LogP contribution in [-0.4, -0.2) is 14.1 Å². The van der Waals surface area contributed by atoms with Crippen molar-refractivity contribution in [1.82, 2.24) is 14.1 Å². The van der Waals surface area contributed by atoms with Crippen molar-refractivity contribution < 1.29 is 43.7 Å². The quantitative estimate of drug-likeness (QED) is 0.112. The molecule has 0 aliphatic heterocycles. The number of benzene rings is 8. The summed E-state index contributed by atoms with van der Waals surface area (Å²) in [7, 11) is 0. The maximum absolute atomic E-state index is 14.7. The maximum atomic E-state index is 14.7. The fourth-order valence-electron chi connectivity index (χ4n) is 8.32. The van der Waals surface area contributed by atoms with Crippen molar-refractivity contribution in [2.75, 3.05) is 4.90 Å². The van der Waals surface area contributed by atoms with Crippen molar-refractivity contribution in [2.24, 2.45) is 0 Å². The van der Waals surface area contributed by atoms with E-state index in [0.29, 0.717) is 33.8 Å². The van der Waals surface area contributed by atoms with Crippen molar-refractivity contribution >= 4 is 49.9 Å². The van der Waals surface area contributed by atoms with Crippen LogP contribution in [0.3, 0.4) is 0 Å². The molecule has 8 aromatic carbocycles. The number of nitrogens with zero attached hydrogens (tertiary/aromatic N) is 5. The minimum Gasteiger partial charge on any atom is -0.359 e. The second kappa shape index (κ2) is 16.9. The Balaban J connectivity index is 0.00000641. The molecule has 0 aliphatic rings. The molecule has 0 unspecified atom stereocenters. The fraction of sp³-hybridized carbons (Fsp3) is 0.0690. The smallest absolute Gasteiger partial charge is 0.268 e. The monoisotopic (exact) mass is 1030 g/mol. The number of fused-ring (bicyclic) bond motifs is 4. The Kier molecular flexibility index (Phi) is 8.20. The third-order valence-corrected chi connectivity index (χ3v) is 11.3. The fourth-order valence-corrected chi connectivity index (χ4v) is 8.32. The molecule has 11 rings (SSSR count). The van der Waals surface area contributed by atoms with Crippen molar-refractivity contribution in [2.45, 2.75) is 26.2 Å². The summed E-state index contributed by atoms with van der Waals surface area (Å²) in [6.45, 7) is 6.48. The number of halogens is 1. The number of hydrogen-bond acceptors (Lipinski definition) is 2. The van der Waals surface area contributed by atoms with Gasteiger partial charge in [0.05, 0.1) is 30.4 Å². The molecule has 0 N–H and O–H groups in total. The van der Waals surface area contributed by atoms with Gasteiger partial charge in [0, 0.05) is 38.5 Å². The van der Waals surface area contributed by atoms with Gasteiger partial charge in [0.25, 0.3) is 6.33 Å². The molecule has 318 valence electrons. The van der Waals surface area contributed by atoms with E-state index >= 15 is 0 Å². The summed E-state index contributed by atoms with van der Waals surface area (Å²) in [5.74, 6) is 0.311. The van der Waals surface area contributed by atoms with E-state index in [9.17, 15) is 4.39 Å². The average molecular weight is 1030 g/mol. The van der Waals surface area contributed by atoms with Gasteiger partial charge in [-0.1, -0.05) is 159 Å². The van der Waals surface area contributed by atoms with Crippen molar-refractivity contribution in [3.8, 4) is 39.4 Å². The molecule has 11 aromatic rings. The SMILES string of the molecule is [2H]c1c([2H])c([2H])c(-c2cccc(-c3c([2H])c([2H])c([2H])c([2H])c3[2H])c2-[n+]2[c-]n(-c3[c-]c(N(c4[c-]c5c(cc4)c4ccccc4n5-c4cc(C(C)(C)C)ccn4)c4ccc(F)cc4)ccc3)c3ccccc32)c([2H])c1[2H].[Pt]. The largest absolute Gasteiger partial charge is 0.359 e. The first-order valence-corrected chi connectivity index (χ1v) is 20.7. The molecule has 0 aliphatic carbocycles. The first kappa shape index (κ1) is 31.4. The molecule has 0 fully saturated rings. The Labute approximate surface area is 406 Å². The van der Waals surface area contributed by atoms with Gasteiger partial charge in [-0.05, 0) is 86.8 Å². The van der Waals surface area contributed by atoms with Crippen LogP contribution in [0.1, 0.15) is 40.0 Å². The third-order valence-electron chi connectivity index (χ3n) is 11.3. The summed E-state index contributed by atoms with van der Waals surface area (Å²) >= 11 is 0. The molecule has 0 saturated heterocycles. The van der Waals surface area contributed by atoms with E-state index in [4.69, 9.17) is 18.7 Å². The molecule has 7 heteroatoms. The van der Waals surface area contributed by atoms with Gasteiger partial charge in [0.1, 0.15) is 11.6 Å². The van der Waals surface area contributed by atoms with E-state index in [-0.39, 0.29) is 54.4 Å². The van der Waals surface area contributed by atoms with Gasteiger partial charge in [-0.3, -0.25) is 4.57 Å². The molecule has 0 bridgehead atoms. The molecular formula is C58H42FN5Pt-2. The zero-order valence-electron chi connectivity index (χ0n) is 45.2. The van der Waals surface area contributed by atoms with Crippen LogP contribution in [0.15, 0.2) is 200 Å². The van der Waals surface area contributed by atoms with Crippen LogP contribution in [-0.2, 0) is 26.5 Å². The summed E-state index contributed by atoms with van der Waals surface area (Å²) < 4.78 is 108. The zero-order chi connectivity index (χ0) is 52.1. The summed E-state index contributed by atoms with van der Waals surface area (Å²) in [4.78, 5) is 6.79. The van der Waals surface area contributed by atoms with Gasteiger partial charge < -0.3 is 14.0 Å². The summed E-state index contributed by atoms with van der Waals surface area (Å²) in [6, 6.07) is 41.8. The Hall–Kier alpha value is -7.40. The predicted octanol–water partition coefficient (Wildman–Crippen LogP) is 14.0. The summed E-state index contributed by atoms with van der Waals surface area (Å²) in [5, 5.41) is 1.97. The second-order valence-electron chi connectivity index (χ2n) is 16.3. The van der Waals surface area contributed by atoms with E-state index in [0.717, 1.165) is 33.2 Å². The first-order chi connectivity index (χ1) is 35.4. The number of pyridine rings is 1.